The summed E-state index contributed by atoms with van der Waals surface area (Å²) < 4.78 is 10.0. The summed E-state index contributed by atoms with van der Waals surface area (Å²) in [5, 5.41) is 0. The van der Waals surface area contributed by atoms with Gasteiger partial charge in [0, 0.05) is 14.2 Å². The third-order valence-corrected chi connectivity index (χ3v) is 1.47. The molecular formula is C8H17Br2MgO2. The van der Waals surface area contributed by atoms with Gasteiger partial charge in [-0.1, -0.05) is 19.8 Å². The van der Waals surface area contributed by atoms with Crippen molar-refractivity contribution in [3.8, 4) is 0 Å². The summed E-state index contributed by atoms with van der Waals surface area (Å²) in [6.07, 6.45) is 4.24. The summed E-state index contributed by atoms with van der Waals surface area (Å²) in [6.45, 7) is 3.75. The Bertz CT molecular complexity index is 82.5. The van der Waals surface area contributed by atoms with Gasteiger partial charge in [0.15, 0.2) is 6.29 Å². The van der Waals surface area contributed by atoms with Crippen LogP contribution < -0.4 is 0 Å². The van der Waals surface area contributed by atoms with E-state index in [4.69, 9.17) is 9.47 Å². The highest BCUT2D eigenvalue weighted by Gasteiger charge is 2.02. The summed E-state index contributed by atoms with van der Waals surface area (Å²) in [4.78, 5) is 0. The Morgan fingerprint density at radius 3 is 2.00 bits per heavy atom. The zero-order chi connectivity index (χ0) is 10.5. The summed E-state index contributed by atoms with van der Waals surface area (Å²) in [5.41, 5.74) is 0. The van der Waals surface area contributed by atoms with Crippen molar-refractivity contribution in [3.63, 3.8) is 0 Å². The third-order valence-electron chi connectivity index (χ3n) is 1.47. The molecule has 5 heteroatoms. The lowest BCUT2D eigenvalue weighted by molar-refractivity contribution is -0.107. The Balaban J connectivity index is 0. The number of halogens is 2. The first kappa shape index (κ1) is 17.1. The maximum atomic E-state index is 5.00. The molecule has 0 saturated heterocycles. The maximum Gasteiger partial charge on any atom is 0.560 e. The fraction of sp³-hybridized carbons (Fsp3) is 0.875. The van der Waals surface area contributed by atoms with Crippen molar-refractivity contribution < 1.29 is 9.47 Å². The van der Waals surface area contributed by atoms with Crippen LogP contribution in [0, 0.1) is 6.92 Å². The molecule has 0 aromatic heterocycles. The Morgan fingerprint density at radius 2 is 1.69 bits per heavy atom. The predicted octanol–water partition coefficient (Wildman–Crippen LogP) is 3.31. The predicted molar refractivity (Wildman–Crippen MR) is 65.2 cm³/mol. The molecule has 0 aliphatic heterocycles. The minimum absolute atomic E-state index is 0.0217. The van der Waals surface area contributed by atoms with Gasteiger partial charge in [-0.3, -0.25) is 25.8 Å². The first-order valence-corrected chi connectivity index (χ1v) is 12.0. The van der Waals surface area contributed by atoms with Crippen molar-refractivity contribution in [1.82, 2.24) is 0 Å². The first-order valence-electron chi connectivity index (χ1n) is 4.23. The molecular weight excluding hydrogens is 312 g/mol. The Kier molecular flexibility index (Phi) is 21.1. The number of methoxy groups -OCH3 is 2. The van der Waals surface area contributed by atoms with Crippen molar-refractivity contribution in [3.05, 3.63) is 6.92 Å². The quantitative estimate of drug-likeness (QED) is 0.423. The van der Waals surface area contributed by atoms with Gasteiger partial charge in [0.05, 0.1) is 0 Å². The summed E-state index contributed by atoms with van der Waals surface area (Å²) in [5.74, 6) is 0. The van der Waals surface area contributed by atoms with E-state index in [-0.39, 0.29) is 22.3 Å². The molecule has 0 heterocycles. The molecule has 0 unspecified atom stereocenters. The molecule has 2 nitrogen and oxygen atoms in total. The van der Waals surface area contributed by atoms with Gasteiger partial charge in [0.25, 0.3) is 0 Å². The van der Waals surface area contributed by atoms with Gasteiger partial charge in [0.1, 0.15) is 0 Å². The van der Waals surface area contributed by atoms with E-state index in [1.807, 2.05) is 0 Å². The topological polar surface area (TPSA) is 18.5 Å². The molecule has 0 aromatic carbocycles. The van der Waals surface area contributed by atoms with E-state index < -0.39 is 0 Å². The van der Waals surface area contributed by atoms with Crippen molar-refractivity contribution in [2.45, 2.75) is 32.0 Å². The molecule has 0 amide bonds. The van der Waals surface area contributed by atoms with E-state index in [1.165, 1.54) is 0 Å². The van der Waals surface area contributed by atoms with Gasteiger partial charge < -0.3 is 9.47 Å². The van der Waals surface area contributed by atoms with E-state index in [1.54, 1.807) is 14.2 Å². The second-order valence-corrected chi connectivity index (χ2v) is 10.4. The average molecular weight is 329 g/mol. The Hall–Kier alpha value is 1.65. The molecule has 0 bridgehead atoms. The van der Waals surface area contributed by atoms with E-state index in [0.717, 1.165) is 25.7 Å². The smallest absolute Gasteiger partial charge is 0.356 e. The van der Waals surface area contributed by atoms with Crippen LogP contribution >= 0.6 is 25.8 Å². The van der Waals surface area contributed by atoms with E-state index in [2.05, 4.69) is 32.7 Å². The van der Waals surface area contributed by atoms with Gasteiger partial charge in [-0.2, -0.15) is 0 Å². The largest absolute Gasteiger partial charge is 0.560 e. The molecule has 1 radical (unpaired) electrons. The zero-order valence-electron chi connectivity index (χ0n) is 8.39. The van der Waals surface area contributed by atoms with Crippen LogP contribution in [0.25, 0.3) is 0 Å². The minimum atomic E-state index is -0.0217. The second kappa shape index (κ2) is 16.1. The fourth-order valence-electron chi connectivity index (χ4n) is 0.820. The number of hydrogen-bond donors (Lipinski definition) is 0. The van der Waals surface area contributed by atoms with Crippen molar-refractivity contribution in [1.29, 1.82) is 0 Å². The molecule has 0 atom stereocenters. The number of rotatable bonds is 6. The van der Waals surface area contributed by atoms with E-state index in [9.17, 15) is 0 Å². The van der Waals surface area contributed by atoms with Gasteiger partial charge in [0.2, 0.25) is 0 Å². The monoisotopic (exact) mass is 327 g/mol. The fourth-order valence-corrected chi connectivity index (χ4v) is 0.820. The van der Waals surface area contributed by atoms with Crippen LogP contribution in [0.3, 0.4) is 0 Å². The van der Waals surface area contributed by atoms with Crippen LogP contribution in [0.1, 0.15) is 25.7 Å². The zero-order valence-corrected chi connectivity index (χ0v) is 13.0. The SMILES string of the molecule is [Br][Mg][Br].[CH2]CCCCC(OC)OC. The third kappa shape index (κ3) is 16.3. The van der Waals surface area contributed by atoms with Gasteiger partial charge in [-0.15, -0.1) is 0 Å². The lowest BCUT2D eigenvalue weighted by Crippen LogP contribution is -2.12. The van der Waals surface area contributed by atoms with E-state index in [0.29, 0.717) is 0 Å². The highest BCUT2D eigenvalue weighted by atomic mass is 79.9. The first-order chi connectivity index (χ1) is 6.26. The molecule has 0 rings (SSSR count). The van der Waals surface area contributed by atoms with Crippen LogP contribution in [0.5, 0.6) is 0 Å². The van der Waals surface area contributed by atoms with Crippen molar-refractivity contribution in [2.75, 3.05) is 14.2 Å². The highest BCUT2D eigenvalue weighted by molar-refractivity contribution is 9.47. The molecule has 13 heavy (non-hydrogen) atoms. The standard InChI is InChI=1S/C8H17O2.2BrH.Mg/c1-4-5-6-7-8(9-2)10-3;;;/h8H,1,4-7H2,2-3H3;2*1H;/q;;;+2/p-2. The molecule has 0 N–H and O–H groups in total. The number of ether oxygens (including phenoxy) is 2. The van der Waals surface area contributed by atoms with Crippen molar-refractivity contribution in [2.24, 2.45) is 0 Å². The van der Waals surface area contributed by atoms with Gasteiger partial charge in [-0.25, -0.2) is 0 Å². The molecule has 0 aliphatic carbocycles. The average Bonchev–Trinajstić information content (AvgIpc) is 2.14. The van der Waals surface area contributed by atoms with Crippen LogP contribution in [-0.4, -0.2) is 36.5 Å². The van der Waals surface area contributed by atoms with Crippen LogP contribution in [0.15, 0.2) is 0 Å². The molecule has 0 aromatic rings. The number of hydrogen-bond acceptors (Lipinski definition) is 2. The highest BCUT2D eigenvalue weighted by Crippen LogP contribution is 2.05. The van der Waals surface area contributed by atoms with Gasteiger partial charge >= 0.3 is 16.0 Å². The Labute approximate surface area is 104 Å². The summed E-state index contributed by atoms with van der Waals surface area (Å²) in [6, 6.07) is 0. The van der Waals surface area contributed by atoms with E-state index >= 15 is 0 Å². The Morgan fingerprint density at radius 1 is 1.23 bits per heavy atom. The second-order valence-electron chi connectivity index (χ2n) is 2.35. The molecule has 77 valence electrons. The molecule has 0 aliphatic rings. The molecule has 0 spiro atoms. The van der Waals surface area contributed by atoms with Crippen LogP contribution in [-0.2, 0) is 9.47 Å². The minimum Gasteiger partial charge on any atom is -0.356 e. The molecule has 0 fully saturated rings. The summed E-state index contributed by atoms with van der Waals surface area (Å²) >= 11 is 6.44. The van der Waals surface area contributed by atoms with Crippen LogP contribution in [0.4, 0.5) is 0 Å². The molecule has 0 saturated carbocycles. The van der Waals surface area contributed by atoms with Crippen LogP contribution in [0.2, 0.25) is 0 Å². The number of unbranched alkanes of at least 4 members (excludes halogenated alkanes) is 2. The normalized spacial score (nSPS) is 9.08. The lowest BCUT2D eigenvalue weighted by atomic mass is 10.2. The maximum absolute atomic E-state index is 5.00. The van der Waals surface area contributed by atoms with Gasteiger partial charge in [-0.05, 0) is 12.8 Å². The van der Waals surface area contributed by atoms with Crippen molar-refractivity contribution >= 4 is 41.8 Å². The summed E-state index contributed by atoms with van der Waals surface area (Å²) in [7, 11) is 3.33. The lowest BCUT2D eigenvalue weighted by Gasteiger charge is -2.11.